The molecular weight excluding hydrogens is 884 g/mol. The lowest BCUT2D eigenvalue weighted by Crippen LogP contribution is -2.28. The fourth-order valence-electron chi connectivity index (χ4n) is 6.51. The van der Waals surface area contributed by atoms with Gasteiger partial charge < -0.3 is 13.0 Å². The maximum atomic E-state index is 14.0. The first-order valence-electron chi connectivity index (χ1n) is 18.6. The summed E-state index contributed by atoms with van der Waals surface area (Å²) >= 11 is 0. The quantitative estimate of drug-likeness (QED) is 0.0867. The topological polar surface area (TPSA) is 180 Å². The molecule has 0 saturated carbocycles. The number of anilines is 1. The van der Waals surface area contributed by atoms with Gasteiger partial charge in [-0.2, -0.15) is 21.6 Å². The van der Waals surface area contributed by atoms with Gasteiger partial charge in [-0.25, -0.2) is 27.2 Å². The van der Waals surface area contributed by atoms with Crippen LogP contribution in [0.2, 0.25) is 0 Å². The summed E-state index contributed by atoms with van der Waals surface area (Å²) in [6, 6.07) is 31.7. The van der Waals surface area contributed by atoms with E-state index in [1.165, 1.54) is 24.5 Å². The maximum absolute atomic E-state index is 14.0. The number of hydrogen-bond donors (Lipinski definition) is 1. The highest BCUT2D eigenvalue weighted by Gasteiger charge is 2.49. The SMILES string of the molecule is O=S(=O)(Nc1ccc(F)cc1F)c1cncc(-c2ccc3nccc(-c4cc5ccccc5o4)c3n2)c1.O=S(=O)(Oc1ccc2nccc(-c3cc4ccccc4o3)c2n1)C(F)(F)F. The van der Waals surface area contributed by atoms with Crippen molar-refractivity contribution in [3.63, 3.8) is 0 Å². The van der Waals surface area contributed by atoms with Crippen LogP contribution in [0.4, 0.5) is 27.6 Å². The predicted molar refractivity (Wildman–Crippen MR) is 225 cm³/mol. The summed E-state index contributed by atoms with van der Waals surface area (Å²) in [6.45, 7) is 0. The van der Waals surface area contributed by atoms with Crippen LogP contribution in [-0.4, -0.2) is 47.3 Å². The third kappa shape index (κ3) is 8.26. The molecule has 0 radical (unpaired) electrons. The van der Waals surface area contributed by atoms with Crippen LogP contribution >= 0.6 is 0 Å². The summed E-state index contributed by atoms with van der Waals surface area (Å²) in [5.74, 6) is -1.53. The Morgan fingerprint density at radius 1 is 0.625 bits per heavy atom. The van der Waals surface area contributed by atoms with Crippen molar-refractivity contribution in [1.29, 1.82) is 0 Å². The Hall–Kier alpha value is -7.84. The lowest BCUT2D eigenvalue weighted by Gasteiger charge is -2.10. The van der Waals surface area contributed by atoms with Gasteiger partial charge in [-0.1, -0.05) is 36.4 Å². The highest BCUT2D eigenvalue weighted by molar-refractivity contribution is 7.92. The standard InChI is InChI=1S/C27H16F2N4O3S.C17H9F3N2O4S/c28-18-5-6-23(21(29)13-18)33-37(34,35)19-11-17(14-30-15-19)22-7-8-24-27(32-22)20(9-10-31-24)26-12-16-3-1-2-4-25(16)36-26;18-17(19,20)27(23,24)26-15-6-5-12-16(22-15)11(7-8-21-12)14-9-10-3-1-2-4-13(10)25-14/h1-15,33H;1-9H. The van der Waals surface area contributed by atoms with Gasteiger partial charge in [0.05, 0.1) is 22.4 Å². The lowest BCUT2D eigenvalue weighted by molar-refractivity contribution is -0.0501. The third-order valence-electron chi connectivity index (χ3n) is 9.50. The van der Waals surface area contributed by atoms with Crippen molar-refractivity contribution in [1.82, 2.24) is 24.9 Å². The summed E-state index contributed by atoms with van der Waals surface area (Å²) in [6.07, 6.45) is 5.76. The van der Waals surface area contributed by atoms with Gasteiger partial charge in [-0.3, -0.25) is 19.7 Å². The molecule has 10 aromatic rings. The Balaban J connectivity index is 0.000000170. The zero-order valence-electron chi connectivity index (χ0n) is 32.2. The summed E-state index contributed by atoms with van der Waals surface area (Å²) < 4.78 is 131. The van der Waals surface area contributed by atoms with E-state index in [1.807, 2.05) is 42.5 Å². The van der Waals surface area contributed by atoms with E-state index in [0.717, 1.165) is 46.3 Å². The van der Waals surface area contributed by atoms with Crippen LogP contribution in [0, 0.1) is 11.6 Å². The number of halogens is 5. The van der Waals surface area contributed by atoms with E-state index < -0.39 is 43.2 Å². The first-order chi connectivity index (χ1) is 30.6. The van der Waals surface area contributed by atoms with Crippen LogP contribution in [-0.2, 0) is 20.1 Å². The number of alkyl halides is 3. The molecule has 320 valence electrons. The minimum absolute atomic E-state index is 0.145. The number of hydrogen-bond acceptors (Lipinski definition) is 12. The van der Waals surface area contributed by atoms with Crippen molar-refractivity contribution in [3.8, 4) is 39.8 Å². The molecule has 0 aliphatic rings. The van der Waals surface area contributed by atoms with Crippen molar-refractivity contribution in [2.24, 2.45) is 0 Å². The Morgan fingerprint density at radius 2 is 1.22 bits per heavy atom. The Labute approximate surface area is 358 Å². The van der Waals surface area contributed by atoms with Crippen LogP contribution in [0.1, 0.15) is 0 Å². The van der Waals surface area contributed by atoms with Crippen molar-refractivity contribution >= 4 is 69.8 Å². The number of nitrogens with one attached hydrogen (secondary N) is 1. The smallest absolute Gasteiger partial charge is 0.456 e. The van der Waals surface area contributed by atoms with Crippen molar-refractivity contribution in [3.05, 3.63) is 158 Å². The molecule has 1 N–H and O–H groups in total. The molecule has 0 unspecified atom stereocenters. The van der Waals surface area contributed by atoms with E-state index in [1.54, 1.807) is 48.7 Å². The average molecular weight is 909 g/mol. The highest BCUT2D eigenvalue weighted by atomic mass is 32.2. The van der Waals surface area contributed by atoms with Crippen molar-refractivity contribution in [2.75, 3.05) is 4.72 Å². The van der Waals surface area contributed by atoms with Gasteiger partial charge in [0.2, 0.25) is 5.88 Å². The number of nitrogens with zero attached hydrogens (tertiary/aromatic N) is 5. The normalized spacial score (nSPS) is 12.1. The number of sulfonamides is 1. The lowest BCUT2D eigenvalue weighted by atomic mass is 10.1. The molecule has 13 nitrogen and oxygen atoms in total. The van der Waals surface area contributed by atoms with Crippen LogP contribution < -0.4 is 8.91 Å². The van der Waals surface area contributed by atoms with Crippen LogP contribution in [0.15, 0.2) is 160 Å². The predicted octanol–water partition coefficient (Wildman–Crippen LogP) is 10.5. The molecule has 64 heavy (non-hydrogen) atoms. The third-order valence-corrected chi connectivity index (χ3v) is 11.8. The molecular formula is C44H25F5N6O7S2. The first kappa shape index (κ1) is 41.5. The monoisotopic (exact) mass is 908 g/mol. The van der Waals surface area contributed by atoms with E-state index in [0.29, 0.717) is 56.5 Å². The van der Waals surface area contributed by atoms with E-state index in [-0.39, 0.29) is 16.1 Å². The number of fused-ring (bicyclic) bond motifs is 4. The number of furan rings is 2. The molecule has 0 atom stereocenters. The number of rotatable bonds is 8. The fraction of sp³-hybridized carbons (Fsp3) is 0.0227. The van der Waals surface area contributed by atoms with Gasteiger partial charge >= 0.3 is 15.6 Å². The average Bonchev–Trinajstić information content (AvgIpc) is 3.92. The second kappa shape index (κ2) is 16.1. The van der Waals surface area contributed by atoms with E-state index in [9.17, 15) is 38.8 Å². The molecule has 0 aliphatic heterocycles. The first-order valence-corrected chi connectivity index (χ1v) is 21.4. The van der Waals surface area contributed by atoms with Crippen LogP contribution in [0.5, 0.6) is 5.88 Å². The Morgan fingerprint density at radius 3 is 1.81 bits per heavy atom. The minimum Gasteiger partial charge on any atom is -0.456 e. The van der Waals surface area contributed by atoms with Gasteiger partial charge in [0.1, 0.15) is 50.2 Å². The summed E-state index contributed by atoms with van der Waals surface area (Å²) in [4.78, 5) is 20.9. The van der Waals surface area contributed by atoms with E-state index in [2.05, 4.69) is 28.8 Å². The number of pyridine rings is 5. The van der Waals surface area contributed by atoms with Gasteiger partial charge in [0.25, 0.3) is 10.0 Å². The van der Waals surface area contributed by atoms with E-state index >= 15 is 0 Å². The molecule has 0 fully saturated rings. The number of aromatic nitrogens is 5. The molecule has 0 aliphatic carbocycles. The second-order valence-electron chi connectivity index (χ2n) is 13.7. The van der Waals surface area contributed by atoms with Gasteiger partial charge in [-0.15, -0.1) is 0 Å². The summed E-state index contributed by atoms with van der Waals surface area (Å²) in [5, 5.41) is 1.77. The largest absolute Gasteiger partial charge is 0.534 e. The zero-order valence-corrected chi connectivity index (χ0v) is 33.8. The van der Waals surface area contributed by atoms with Gasteiger partial charge in [-0.05, 0) is 72.8 Å². The zero-order chi connectivity index (χ0) is 44.8. The molecule has 0 bridgehead atoms. The van der Waals surface area contributed by atoms with Crippen LogP contribution in [0.25, 0.3) is 77.9 Å². The Bertz CT molecular complexity index is 3590. The molecule has 20 heteroatoms. The Kier molecular flexibility index (Phi) is 10.5. The minimum atomic E-state index is -5.82. The highest BCUT2D eigenvalue weighted by Crippen LogP contribution is 2.35. The van der Waals surface area contributed by atoms with Gasteiger partial charge in [0.15, 0.2) is 0 Å². The maximum Gasteiger partial charge on any atom is 0.534 e. The van der Waals surface area contributed by atoms with Crippen LogP contribution in [0.3, 0.4) is 0 Å². The molecule has 0 saturated heterocycles. The number of benzene rings is 3. The van der Waals surface area contributed by atoms with Crippen molar-refractivity contribution < 1.29 is 51.8 Å². The van der Waals surface area contributed by atoms with Crippen molar-refractivity contribution in [2.45, 2.75) is 10.4 Å². The van der Waals surface area contributed by atoms with Gasteiger partial charge in [0, 0.05) is 64.4 Å². The molecule has 0 amide bonds. The summed E-state index contributed by atoms with van der Waals surface area (Å²) in [5.41, 5.74) is -0.854. The number of para-hydroxylation sites is 2. The second-order valence-corrected chi connectivity index (χ2v) is 16.9. The molecule has 3 aromatic carbocycles. The molecule has 10 rings (SSSR count). The molecule has 7 heterocycles. The summed E-state index contributed by atoms with van der Waals surface area (Å²) in [7, 11) is -10.0. The molecule has 0 spiro atoms. The van der Waals surface area contributed by atoms with E-state index in [4.69, 9.17) is 13.8 Å². The fourth-order valence-corrected chi connectivity index (χ4v) is 7.97. The molecule has 7 aromatic heterocycles.